The number of carbonyl (C=O) groups excluding carboxylic acids is 1. The first-order valence-corrected chi connectivity index (χ1v) is 14.0. The molecule has 0 aliphatic heterocycles. The molecule has 180 valence electrons. The summed E-state index contributed by atoms with van der Waals surface area (Å²) < 4.78 is 0. The van der Waals surface area contributed by atoms with Gasteiger partial charge < -0.3 is 10.1 Å². The Hall–Kier alpha value is -0.370. The molecule has 0 atom stereocenters. The summed E-state index contributed by atoms with van der Waals surface area (Å²) in [6.45, 7) is 6.42. The fourth-order valence-corrected chi connectivity index (χ4v) is 4.25. The number of unbranched alkanes of at least 4 members (excludes halogenated alkanes) is 20. The summed E-state index contributed by atoms with van der Waals surface area (Å²) in [6, 6.07) is 0. The molecule has 0 rings (SSSR count). The summed E-state index contributed by atoms with van der Waals surface area (Å²) >= 11 is 0. The molecule has 0 bridgehead atoms. The lowest BCUT2D eigenvalue weighted by atomic mass is 10.0. The van der Waals surface area contributed by atoms with Crippen molar-refractivity contribution in [2.75, 3.05) is 13.1 Å². The molecule has 0 unspecified atom stereocenters. The Morgan fingerprint density at radius 3 is 1.10 bits per heavy atom. The zero-order chi connectivity index (χ0) is 22.0. The van der Waals surface area contributed by atoms with Crippen molar-refractivity contribution in [1.29, 1.82) is 0 Å². The summed E-state index contributed by atoms with van der Waals surface area (Å²) in [6.07, 6.45) is 31.4. The Kier molecular flexibility index (Phi) is 26.3. The molecule has 30 heavy (non-hydrogen) atoms. The molecular formula is C28H57NO. The van der Waals surface area contributed by atoms with E-state index in [0.29, 0.717) is 5.78 Å². The van der Waals surface area contributed by atoms with Crippen molar-refractivity contribution in [3.05, 3.63) is 0 Å². The minimum absolute atomic E-state index is 0.344. The minimum Gasteiger partial charge on any atom is -0.317 e. The Morgan fingerprint density at radius 2 is 0.767 bits per heavy atom. The van der Waals surface area contributed by atoms with Crippen molar-refractivity contribution >= 4 is 5.78 Å². The Morgan fingerprint density at radius 1 is 0.467 bits per heavy atom. The second kappa shape index (κ2) is 26.7. The number of hydrogen-bond donors (Lipinski definition) is 1. The SMILES string of the molecule is CCCCCCCCCCCCCCCCNCCCCCCCCCCC(C)=O. The molecule has 0 aliphatic rings. The summed E-state index contributed by atoms with van der Waals surface area (Å²) in [5.74, 6) is 0.344. The van der Waals surface area contributed by atoms with Gasteiger partial charge in [0.15, 0.2) is 0 Å². The van der Waals surface area contributed by atoms with Crippen LogP contribution in [0.2, 0.25) is 0 Å². The van der Waals surface area contributed by atoms with Crippen LogP contribution in [0.4, 0.5) is 0 Å². The highest BCUT2D eigenvalue weighted by atomic mass is 16.1. The van der Waals surface area contributed by atoms with Gasteiger partial charge in [-0.15, -0.1) is 0 Å². The van der Waals surface area contributed by atoms with Crippen LogP contribution in [-0.4, -0.2) is 18.9 Å². The molecule has 0 aromatic rings. The molecule has 0 radical (unpaired) electrons. The van der Waals surface area contributed by atoms with E-state index in [-0.39, 0.29) is 0 Å². The van der Waals surface area contributed by atoms with Gasteiger partial charge in [0.2, 0.25) is 0 Å². The Labute approximate surface area is 190 Å². The van der Waals surface area contributed by atoms with Crippen LogP contribution < -0.4 is 5.32 Å². The zero-order valence-electron chi connectivity index (χ0n) is 21.1. The number of hydrogen-bond acceptors (Lipinski definition) is 2. The molecule has 0 saturated carbocycles. The van der Waals surface area contributed by atoms with Gasteiger partial charge in [-0.25, -0.2) is 0 Å². The molecule has 0 amide bonds. The molecule has 0 aromatic heterocycles. The van der Waals surface area contributed by atoms with Crippen molar-refractivity contribution in [2.45, 2.75) is 162 Å². The summed E-state index contributed by atoms with van der Waals surface area (Å²) in [7, 11) is 0. The van der Waals surface area contributed by atoms with Gasteiger partial charge in [0.05, 0.1) is 0 Å². The van der Waals surface area contributed by atoms with Crippen molar-refractivity contribution in [3.8, 4) is 0 Å². The highest BCUT2D eigenvalue weighted by molar-refractivity contribution is 5.75. The predicted octanol–water partition coefficient (Wildman–Crippen LogP) is 9.16. The molecule has 2 heteroatoms. The van der Waals surface area contributed by atoms with Crippen LogP contribution in [0.15, 0.2) is 0 Å². The second-order valence-corrected chi connectivity index (χ2v) is 9.63. The van der Waals surface area contributed by atoms with Gasteiger partial charge in [0.25, 0.3) is 0 Å². The van der Waals surface area contributed by atoms with Crippen molar-refractivity contribution in [1.82, 2.24) is 5.32 Å². The van der Waals surface area contributed by atoms with E-state index in [1.165, 1.54) is 148 Å². The third kappa shape index (κ3) is 27.6. The number of ketones is 1. The number of nitrogens with one attached hydrogen (secondary N) is 1. The van der Waals surface area contributed by atoms with Gasteiger partial charge in [-0.3, -0.25) is 0 Å². The van der Waals surface area contributed by atoms with E-state index in [1.54, 1.807) is 6.92 Å². The maximum atomic E-state index is 10.9. The van der Waals surface area contributed by atoms with Crippen molar-refractivity contribution in [2.24, 2.45) is 0 Å². The van der Waals surface area contributed by atoms with Gasteiger partial charge in [0, 0.05) is 6.42 Å². The molecule has 0 aliphatic carbocycles. The normalized spacial score (nSPS) is 11.3. The molecular weight excluding hydrogens is 366 g/mol. The van der Waals surface area contributed by atoms with E-state index < -0.39 is 0 Å². The maximum absolute atomic E-state index is 10.9. The lowest BCUT2D eigenvalue weighted by molar-refractivity contribution is -0.117. The third-order valence-corrected chi connectivity index (χ3v) is 6.34. The third-order valence-electron chi connectivity index (χ3n) is 6.34. The van der Waals surface area contributed by atoms with E-state index in [1.807, 2.05) is 0 Å². The Balaban J connectivity index is 2.99. The fraction of sp³-hybridized carbons (Fsp3) is 0.964. The van der Waals surface area contributed by atoms with Gasteiger partial charge in [-0.05, 0) is 39.3 Å². The number of rotatable bonds is 26. The van der Waals surface area contributed by atoms with Gasteiger partial charge in [-0.2, -0.15) is 0 Å². The summed E-state index contributed by atoms with van der Waals surface area (Å²) in [4.78, 5) is 10.9. The van der Waals surface area contributed by atoms with Crippen LogP contribution in [0.5, 0.6) is 0 Å². The first-order valence-electron chi connectivity index (χ1n) is 14.0. The van der Waals surface area contributed by atoms with Crippen LogP contribution in [0.25, 0.3) is 0 Å². The fourth-order valence-electron chi connectivity index (χ4n) is 4.25. The van der Waals surface area contributed by atoms with Crippen LogP contribution in [-0.2, 0) is 4.79 Å². The zero-order valence-corrected chi connectivity index (χ0v) is 21.1. The highest BCUT2D eigenvalue weighted by Gasteiger charge is 1.96. The van der Waals surface area contributed by atoms with Crippen LogP contribution in [0.1, 0.15) is 162 Å². The predicted molar refractivity (Wildman–Crippen MR) is 135 cm³/mol. The summed E-state index contributed by atoms with van der Waals surface area (Å²) in [5, 5.41) is 3.63. The molecule has 1 N–H and O–H groups in total. The molecule has 0 aromatic carbocycles. The molecule has 0 saturated heterocycles. The first-order chi connectivity index (χ1) is 14.8. The topological polar surface area (TPSA) is 29.1 Å². The minimum atomic E-state index is 0.344. The van der Waals surface area contributed by atoms with Crippen LogP contribution >= 0.6 is 0 Å². The van der Waals surface area contributed by atoms with Gasteiger partial charge in [0.1, 0.15) is 5.78 Å². The van der Waals surface area contributed by atoms with E-state index in [4.69, 9.17) is 0 Å². The van der Waals surface area contributed by atoms with Gasteiger partial charge in [-0.1, -0.05) is 129 Å². The molecule has 2 nitrogen and oxygen atoms in total. The van der Waals surface area contributed by atoms with E-state index >= 15 is 0 Å². The lowest BCUT2D eigenvalue weighted by Crippen LogP contribution is -2.16. The summed E-state index contributed by atoms with van der Waals surface area (Å²) in [5.41, 5.74) is 0. The first kappa shape index (κ1) is 29.6. The average Bonchev–Trinajstić information content (AvgIpc) is 2.73. The van der Waals surface area contributed by atoms with Crippen LogP contribution in [0.3, 0.4) is 0 Å². The van der Waals surface area contributed by atoms with E-state index in [0.717, 1.165) is 12.8 Å². The second-order valence-electron chi connectivity index (χ2n) is 9.63. The highest BCUT2D eigenvalue weighted by Crippen LogP contribution is 2.13. The van der Waals surface area contributed by atoms with Crippen molar-refractivity contribution in [3.63, 3.8) is 0 Å². The monoisotopic (exact) mass is 423 g/mol. The smallest absolute Gasteiger partial charge is 0.129 e. The standard InChI is InChI=1S/C28H57NO/c1-3-4-5-6-7-8-9-10-11-12-14-17-20-23-26-29-27-24-21-18-15-13-16-19-22-25-28(2)30/h29H,3-27H2,1-2H3. The van der Waals surface area contributed by atoms with Crippen LogP contribution in [0, 0.1) is 0 Å². The lowest BCUT2D eigenvalue weighted by Gasteiger charge is -2.06. The largest absolute Gasteiger partial charge is 0.317 e. The number of Topliss-reactive ketones (excluding diaryl/α,β-unsaturated/α-hetero) is 1. The van der Waals surface area contributed by atoms with Crippen molar-refractivity contribution < 1.29 is 4.79 Å². The molecule has 0 fully saturated rings. The average molecular weight is 424 g/mol. The molecule has 0 heterocycles. The molecule has 0 spiro atoms. The quantitative estimate of drug-likeness (QED) is 0.140. The maximum Gasteiger partial charge on any atom is 0.129 e. The van der Waals surface area contributed by atoms with E-state index in [2.05, 4.69) is 12.2 Å². The Bertz CT molecular complexity index is 329. The van der Waals surface area contributed by atoms with E-state index in [9.17, 15) is 4.79 Å². The number of carbonyl (C=O) groups is 1. The van der Waals surface area contributed by atoms with Gasteiger partial charge >= 0.3 is 0 Å².